The summed E-state index contributed by atoms with van der Waals surface area (Å²) in [5.41, 5.74) is -0.776. The second-order valence-corrected chi connectivity index (χ2v) is 7.72. The molecule has 6 nitrogen and oxygen atoms in total. The SMILES string of the molecule is CCCN(CC1CC1)C(=O)CN1C(=O)N[C@]2(CCCC[C@H]2C)C1=O. The molecule has 0 aromatic heterocycles. The van der Waals surface area contributed by atoms with Crippen LogP contribution >= 0.6 is 0 Å². The van der Waals surface area contributed by atoms with Gasteiger partial charge in [0.2, 0.25) is 5.91 Å². The van der Waals surface area contributed by atoms with Crippen molar-refractivity contribution >= 4 is 17.8 Å². The van der Waals surface area contributed by atoms with Gasteiger partial charge in [-0.15, -0.1) is 0 Å². The molecule has 4 amide bonds. The van der Waals surface area contributed by atoms with Gasteiger partial charge in [-0.25, -0.2) is 4.79 Å². The predicted octanol–water partition coefficient (Wildman–Crippen LogP) is 2.14. The summed E-state index contributed by atoms with van der Waals surface area (Å²) in [6.45, 7) is 5.41. The van der Waals surface area contributed by atoms with E-state index in [-0.39, 0.29) is 24.3 Å². The molecule has 1 aliphatic heterocycles. The topological polar surface area (TPSA) is 69.7 Å². The smallest absolute Gasteiger partial charge is 0.325 e. The van der Waals surface area contributed by atoms with E-state index in [1.807, 2.05) is 18.7 Å². The number of urea groups is 1. The molecule has 1 spiro atoms. The summed E-state index contributed by atoms with van der Waals surface area (Å²) in [5.74, 6) is 0.429. The molecule has 134 valence electrons. The van der Waals surface area contributed by atoms with Crippen LogP contribution in [0, 0.1) is 11.8 Å². The van der Waals surface area contributed by atoms with Crippen molar-refractivity contribution in [3.8, 4) is 0 Å². The highest BCUT2D eigenvalue weighted by Gasteiger charge is 2.55. The Morgan fingerprint density at radius 3 is 2.67 bits per heavy atom. The fraction of sp³-hybridized carbons (Fsp3) is 0.833. The van der Waals surface area contributed by atoms with E-state index in [2.05, 4.69) is 5.32 Å². The second-order valence-electron chi connectivity index (χ2n) is 7.72. The molecule has 0 unspecified atom stereocenters. The molecule has 2 saturated carbocycles. The van der Waals surface area contributed by atoms with E-state index in [0.717, 1.165) is 37.1 Å². The van der Waals surface area contributed by atoms with E-state index in [1.54, 1.807) is 0 Å². The molecule has 1 saturated heterocycles. The van der Waals surface area contributed by atoms with Crippen LogP contribution in [0.5, 0.6) is 0 Å². The van der Waals surface area contributed by atoms with Crippen molar-refractivity contribution in [1.29, 1.82) is 0 Å². The zero-order valence-electron chi connectivity index (χ0n) is 14.8. The molecule has 0 aromatic carbocycles. The van der Waals surface area contributed by atoms with E-state index < -0.39 is 11.6 Å². The number of rotatable bonds is 6. The lowest BCUT2D eigenvalue weighted by molar-refractivity contribution is -0.140. The van der Waals surface area contributed by atoms with Gasteiger partial charge in [0.1, 0.15) is 12.1 Å². The Morgan fingerprint density at radius 1 is 1.29 bits per heavy atom. The first-order valence-electron chi connectivity index (χ1n) is 9.40. The Bertz CT molecular complexity index is 532. The Balaban J connectivity index is 1.68. The van der Waals surface area contributed by atoms with Crippen molar-refractivity contribution in [3.63, 3.8) is 0 Å². The van der Waals surface area contributed by atoms with E-state index in [1.165, 1.54) is 12.8 Å². The number of carbonyl (C=O) groups excluding carboxylic acids is 3. The third kappa shape index (κ3) is 3.15. The molecular weight excluding hydrogens is 306 g/mol. The molecule has 1 N–H and O–H groups in total. The first-order chi connectivity index (χ1) is 11.5. The number of imide groups is 1. The maximum Gasteiger partial charge on any atom is 0.325 e. The van der Waals surface area contributed by atoms with Gasteiger partial charge < -0.3 is 10.2 Å². The molecule has 0 aromatic rings. The Morgan fingerprint density at radius 2 is 2.04 bits per heavy atom. The van der Waals surface area contributed by atoms with Crippen molar-refractivity contribution < 1.29 is 14.4 Å². The normalized spacial score (nSPS) is 29.9. The summed E-state index contributed by atoms with van der Waals surface area (Å²) in [7, 11) is 0. The highest BCUT2D eigenvalue weighted by molar-refractivity contribution is 6.09. The summed E-state index contributed by atoms with van der Waals surface area (Å²) >= 11 is 0. The van der Waals surface area contributed by atoms with Gasteiger partial charge in [0.25, 0.3) is 5.91 Å². The number of hydrogen-bond donors (Lipinski definition) is 1. The standard InChI is InChI=1S/C18H29N3O3/c1-3-10-20(11-14-7-8-14)15(22)12-21-16(23)18(19-17(21)24)9-5-4-6-13(18)2/h13-14H,3-12H2,1-2H3,(H,19,24)/t13-,18+/m1/s1. The van der Waals surface area contributed by atoms with Crippen molar-refractivity contribution in [2.45, 2.75) is 64.3 Å². The maximum atomic E-state index is 12.9. The van der Waals surface area contributed by atoms with Gasteiger partial charge in [-0.05, 0) is 43.9 Å². The van der Waals surface area contributed by atoms with Crippen LogP contribution in [-0.4, -0.2) is 52.8 Å². The number of nitrogens with zero attached hydrogens (tertiary/aromatic N) is 2. The summed E-state index contributed by atoms with van der Waals surface area (Å²) in [4.78, 5) is 40.9. The molecule has 3 fully saturated rings. The minimum absolute atomic E-state index is 0.104. The lowest BCUT2D eigenvalue weighted by Crippen LogP contribution is -2.54. The molecule has 3 rings (SSSR count). The van der Waals surface area contributed by atoms with Gasteiger partial charge in [0, 0.05) is 13.1 Å². The highest BCUT2D eigenvalue weighted by Crippen LogP contribution is 2.38. The molecular formula is C18H29N3O3. The average molecular weight is 335 g/mol. The van der Waals surface area contributed by atoms with Crippen LogP contribution in [0.4, 0.5) is 4.79 Å². The molecule has 6 heteroatoms. The quantitative estimate of drug-likeness (QED) is 0.756. The fourth-order valence-corrected chi connectivity index (χ4v) is 4.07. The summed E-state index contributed by atoms with van der Waals surface area (Å²) < 4.78 is 0. The first-order valence-corrected chi connectivity index (χ1v) is 9.40. The largest absolute Gasteiger partial charge is 0.341 e. The van der Waals surface area contributed by atoms with Crippen LogP contribution in [0.2, 0.25) is 0 Å². The average Bonchev–Trinajstić information content (AvgIpc) is 3.33. The van der Waals surface area contributed by atoms with Crippen LogP contribution in [0.3, 0.4) is 0 Å². The van der Waals surface area contributed by atoms with Gasteiger partial charge in [0.15, 0.2) is 0 Å². The molecule has 3 aliphatic rings. The second kappa shape index (κ2) is 6.73. The number of hydrogen-bond acceptors (Lipinski definition) is 3. The van der Waals surface area contributed by atoms with Crippen molar-refractivity contribution in [1.82, 2.24) is 15.1 Å². The minimum atomic E-state index is -0.776. The van der Waals surface area contributed by atoms with E-state index in [4.69, 9.17) is 0 Å². The van der Waals surface area contributed by atoms with Crippen molar-refractivity contribution in [3.05, 3.63) is 0 Å². The fourth-order valence-electron chi connectivity index (χ4n) is 4.07. The van der Waals surface area contributed by atoms with Gasteiger partial charge >= 0.3 is 6.03 Å². The monoisotopic (exact) mass is 335 g/mol. The first kappa shape index (κ1) is 17.2. The van der Waals surface area contributed by atoms with Gasteiger partial charge in [-0.3, -0.25) is 14.5 Å². The van der Waals surface area contributed by atoms with Crippen molar-refractivity contribution in [2.24, 2.45) is 11.8 Å². The van der Waals surface area contributed by atoms with Gasteiger partial charge in [-0.2, -0.15) is 0 Å². The summed E-state index contributed by atoms with van der Waals surface area (Å²) in [5, 5.41) is 2.91. The molecule has 1 heterocycles. The lowest BCUT2D eigenvalue weighted by Gasteiger charge is -2.36. The Labute approximate surface area is 143 Å². The van der Waals surface area contributed by atoms with E-state index >= 15 is 0 Å². The maximum absolute atomic E-state index is 12.9. The summed E-state index contributed by atoms with van der Waals surface area (Å²) in [6, 6.07) is -0.398. The molecule has 2 atom stereocenters. The van der Waals surface area contributed by atoms with Crippen LogP contribution in [0.25, 0.3) is 0 Å². The number of nitrogens with one attached hydrogen (secondary N) is 1. The summed E-state index contributed by atoms with van der Waals surface area (Å²) in [6.07, 6.45) is 6.91. The van der Waals surface area contributed by atoms with Crippen molar-refractivity contribution in [2.75, 3.05) is 19.6 Å². The van der Waals surface area contributed by atoms with E-state index in [9.17, 15) is 14.4 Å². The molecule has 0 radical (unpaired) electrons. The molecule has 0 bridgehead atoms. The predicted molar refractivity (Wildman–Crippen MR) is 90.2 cm³/mol. The van der Waals surface area contributed by atoms with Crippen LogP contribution in [0.15, 0.2) is 0 Å². The zero-order chi connectivity index (χ0) is 17.3. The van der Waals surface area contributed by atoms with Gasteiger partial charge in [-0.1, -0.05) is 26.7 Å². The third-order valence-electron chi connectivity index (χ3n) is 5.82. The van der Waals surface area contributed by atoms with Crippen LogP contribution in [0.1, 0.15) is 58.8 Å². The number of amides is 4. The lowest BCUT2D eigenvalue weighted by atomic mass is 9.73. The van der Waals surface area contributed by atoms with E-state index in [0.29, 0.717) is 18.9 Å². The van der Waals surface area contributed by atoms with Crippen LogP contribution in [-0.2, 0) is 9.59 Å². The Hall–Kier alpha value is -1.59. The highest BCUT2D eigenvalue weighted by atomic mass is 16.2. The zero-order valence-corrected chi connectivity index (χ0v) is 14.8. The number of carbonyl (C=O) groups is 3. The molecule has 2 aliphatic carbocycles. The van der Waals surface area contributed by atoms with Gasteiger partial charge in [0.05, 0.1) is 0 Å². The molecule has 24 heavy (non-hydrogen) atoms. The van der Waals surface area contributed by atoms with Crippen LogP contribution < -0.4 is 5.32 Å². The Kier molecular flexibility index (Phi) is 4.83. The minimum Gasteiger partial charge on any atom is -0.341 e. The third-order valence-corrected chi connectivity index (χ3v) is 5.82.